The van der Waals surface area contributed by atoms with Crippen molar-refractivity contribution in [3.63, 3.8) is 0 Å². The van der Waals surface area contributed by atoms with Crippen LogP contribution >= 0.6 is 11.6 Å². The number of nitrogens with zero attached hydrogens (tertiary/aromatic N) is 1. The minimum atomic E-state index is -1.45. The van der Waals surface area contributed by atoms with Crippen LogP contribution in [-0.2, 0) is 16.0 Å². The molecule has 8 nitrogen and oxygen atoms in total. The van der Waals surface area contributed by atoms with Crippen LogP contribution in [0.2, 0.25) is 5.02 Å². The predicted molar refractivity (Wildman–Crippen MR) is 123 cm³/mol. The summed E-state index contributed by atoms with van der Waals surface area (Å²) in [5, 5.41) is 13.4. The molecule has 0 aliphatic heterocycles. The summed E-state index contributed by atoms with van der Waals surface area (Å²) < 4.78 is 18.9. The number of nitrogens with one attached hydrogen (secondary N) is 2. The van der Waals surface area contributed by atoms with Crippen molar-refractivity contribution >= 4 is 35.4 Å². The first-order valence-electron chi connectivity index (χ1n) is 10.2. The molecule has 0 aliphatic rings. The van der Waals surface area contributed by atoms with E-state index < -0.39 is 35.6 Å². The van der Waals surface area contributed by atoms with Crippen LogP contribution < -0.4 is 15.5 Å². The normalized spacial score (nSPS) is 11.9. The van der Waals surface area contributed by atoms with Crippen molar-refractivity contribution < 1.29 is 28.6 Å². The fourth-order valence-electron chi connectivity index (χ4n) is 3.02. The third-order valence-electron chi connectivity index (χ3n) is 4.89. The second-order valence-corrected chi connectivity index (χ2v) is 8.42. The van der Waals surface area contributed by atoms with E-state index in [1.54, 1.807) is 13.8 Å². The van der Waals surface area contributed by atoms with Gasteiger partial charge in [0.2, 0.25) is 0 Å². The summed E-state index contributed by atoms with van der Waals surface area (Å²) in [6.45, 7) is 3.18. The maximum atomic E-state index is 13.4. The van der Waals surface area contributed by atoms with E-state index in [9.17, 15) is 18.8 Å². The standard InChI is InChI=1S/C23H27ClFN3O5/c1-23(2,12-11-15-7-5-4-6-8-15)33-22(32)26-14-19(27-21(30)31)20(29)28(3)16-9-10-18(25)17(24)13-16/h4-10,13,19,27H,11-12,14H2,1-3H3,(H,26,32)(H,30,31). The second-order valence-electron chi connectivity index (χ2n) is 8.01. The smallest absolute Gasteiger partial charge is 0.407 e. The fraction of sp³-hybridized carbons (Fsp3) is 0.348. The Morgan fingerprint density at radius 3 is 2.45 bits per heavy atom. The number of benzene rings is 2. The highest BCUT2D eigenvalue weighted by atomic mass is 35.5. The molecule has 0 radical (unpaired) electrons. The number of amides is 3. The summed E-state index contributed by atoms with van der Waals surface area (Å²) in [4.78, 5) is 37.4. The van der Waals surface area contributed by atoms with Gasteiger partial charge in [-0.05, 0) is 50.5 Å². The number of aryl methyl sites for hydroxylation is 1. The van der Waals surface area contributed by atoms with E-state index in [0.717, 1.165) is 16.5 Å². The Balaban J connectivity index is 1.96. The molecule has 0 spiro atoms. The molecule has 2 aromatic carbocycles. The molecule has 0 bridgehead atoms. The molecule has 33 heavy (non-hydrogen) atoms. The predicted octanol–water partition coefficient (Wildman–Crippen LogP) is 4.22. The zero-order chi connectivity index (χ0) is 24.6. The first-order valence-corrected chi connectivity index (χ1v) is 10.6. The SMILES string of the molecule is CN(C(=O)C(CNC(=O)OC(C)(C)CCc1ccccc1)NC(=O)O)c1ccc(F)c(Cl)c1. The molecule has 2 aromatic rings. The number of hydrogen-bond acceptors (Lipinski definition) is 4. The van der Waals surface area contributed by atoms with E-state index in [-0.39, 0.29) is 17.3 Å². The van der Waals surface area contributed by atoms with Crippen molar-refractivity contribution in [3.8, 4) is 0 Å². The van der Waals surface area contributed by atoms with Crippen LogP contribution in [0.25, 0.3) is 0 Å². The number of carbonyl (C=O) groups excluding carboxylic acids is 2. The Morgan fingerprint density at radius 2 is 1.85 bits per heavy atom. The molecule has 3 N–H and O–H groups in total. The zero-order valence-electron chi connectivity index (χ0n) is 18.6. The topological polar surface area (TPSA) is 108 Å². The molecule has 0 aromatic heterocycles. The Kier molecular flexibility index (Phi) is 9.04. The van der Waals surface area contributed by atoms with Gasteiger partial charge in [-0.1, -0.05) is 41.9 Å². The molecule has 0 aliphatic carbocycles. The van der Waals surface area contributed by atoms with Gasteiger partial charge in [-0.25, -0.2) is 14.0 Å². The van der Waals surface area contributed by atoms with E-state index in [1.165, 1.54) is 19.2 Å². The molecule has 1 unspecified atom stereocenters. The third kappa shape index (κ3) is 8.27. The van der Waals surface area contributed by atoms with Crippen LogP contribution in [-0.4, -0.2) is 48.4 Å². The molecule has 2 rings (SSSR count). The molecule has 178 valence electrons. The molecule has 10 heteroatoms. The van der Waals surface area contributed by atoms with Gasteiger partial charge < -0.3 is 25.4 Å². The lowest BCUT2D eigenvalue weighted by molar-refractivity contribution is -0.120. The Labute approximate surface area is 196 Å². The first-order chi connectivity index (χ1) is 15.5. The van der Waals surface area contributed by atoms with Gasteiger partial charge in [0.1, 0.15) is 17.5 Å². The lowest BCUT2D eigenvalue weighted by Gasteiger charge is -2.27. The van der Waals surface area contributed by atoms with Gasteiger partial charge in [0.25, 0.3) is 5.91 Å². The summed E-state index contributed by atoms with van der Waals surface area (Å²) >= 11 is 5.76. The van der Waals surface area contributed by atoms with Gasteiger partial charge in [-0.3, -0.25) is 4.79 Å². The highest BCUT2D eigenvalue weighted by Crippen LogP contribution is 2.22. The number of likely N-dealkylation sites (N-methyl/N-ethyl adjacent to an activating group) is 1. The summed E-state index contributed by atoms with van der Waals surface area (Å²) in [5.74, 6) is -1.33. The van der Waals surface area contributed by atoms with Crippen LogP contribution in [0.4, 0.5) is 19.7 Å². The van der Waals surface area contributed by atoms with E-state index >= 15 is 0 Å². The average Bonchev–Trinajstić information content (AvgIpc) is 2.76. The van der Waals surface area contributed by atoms with Crippen molar-refractivity contribution in [2.75, 3.05) is 18.5 Å². The van der Waals surface area contributed by atoms with Gasteiger partial charge in [0, 0.05) is 12.7 Å². The molecule has 0 heterocycles. The number of carbonyl (C=O) groups is 3. The third-order valence-corrected chi connectivity index (χ3v) is 5.18. The highest BCUT2D eigenvalue weighted by Gasteiger charge is 2.28. The number of alkyl carbamates (subject to hydrolysis) is 1. The monoisotopic (exact) mass is 479 g/mol. The lowest BCUT2D eigenvalue weighted by atomic mass is 9.99. The number of anilines is 1. The van der Waals surface area contributed by atoms with Crippen LogP contribution in [0.15, 0.2) is 48.5 Å². The average molecular weight is 480 g/mol. The number of rotatable bonds is 9. The number of halogens is 2. The molecule has 1 atom stereocenters. The van der Waals surface area contributed by atoms with E-state index in [0.29, 0.717) is 12.8 Å². The number of ether oxygens (including phenoxy) is 1. The van der Waals surface area contributed by atoms with Gasteiger partial charge in [-0.2, -0.15) is 0 Å². The van der Waals surface area contributed by atoms with Crippen molar-refractivity contribution in [2.45, 2.75) is 38.3 Å². The second kappa shape index (κ2) is 11.5. The molecule has 0 saturated carbocycles. The van der Waals surface area contributed by atoms with E-state index in [1.807, 2.05) is 30.3 Å². The molecular formula is C23H27ClFN3O5. The van der Waals surface area contributed by atoms with Crippen molar-refractivity contribution in [1.82, 2.24) is 10.6 Å². The number of carboxylic acid groups (broad SMARTS) is 1. The van der Waals surface area contributed by atoms with Gasteiger partial charge in [0.05, 0.1) is 11.6 Å². The minimum Gasteiger partial charge on any atom is -0.465 e. The van der Waals surface area contributed by atoms with Gasteiger partial charge in [-0.15, -0.1) is 0 Å². The summed E-state index contributed by atoms with van der Waals surface area (Å²) in [5.41, 5.74) is 0.574. The largest absolute Gasteiger partial charge is 0.465 e. The van der Waals surface area contributed by atoms with E-state index in [2.05, 4.69) is 10.6 Å². The van der Waals surface area contributed by atoms with Crippen molar-refractivity contribution in [2.24, 2.45) is 0 Å². The van der Waals surface area contributed by atoms with Crippen molar-refractivity contribution in [3.05, 3.63) is 64.9 Å². The maximum absolute atomic E-state index is 13.4. The summed E-state index contributed by atoms with van der Waals surface area (Å²) in [6, 6.07) is 12.1. The van der Waals surface area contributed by atoms with Gasteiger partial charge in [0.15, 0.2) is 0 Å². The Hall–Kier alpha value is -3.33. The van der Waals surface area contributed by atoms with Crippen LogP contribution in [0.5, 0.6) is 0 Å². The molecule has 0 fully saturated rings. The molecular weight excluding hydrogens is 453 g/mol. The lowest BCUT2D eigenvalue weighted by Crippen LogP contribution is -2.53. The number of hydrogen-bond donors (Lipinski definition) is 3. The molecule has 0 saturated heterocycles. The zero-order valence-corrected chi connectivity index (χ0v) is 19.4. The molecule has 3 amide bonds. The first kappa shape index (κ1) is 25.9. The van der Waals surface area contributed by atoms with Crippen molar-refractivity contribution in [1.29, 1.82) is 0 Å². The maximum Gasteiger partial charge on any atom is 0.407 e. The summed E-state index contributed by atoms with van der Waals surface area (Å²) in [7, 11) is 1.38. The van der Waals surface area contributed by atoms with Crippen LogP contribution in [0, 0.1) is 5.82 Å². The van der Waals surface area contributed by atoms with Crippen LogP contribution in [0.3, 0.4) is 0 Å². The summed E-state index contributed by atoms with van der Waals surface area (Å²) in [6.07, 6.45) is -0.968. The van der Waals surface area contributed by atoms with Gasteiger partial charge >= 0.3 is 12.2 Å². The highest BCUT2D eigenvalue weighted by molar-refractivity contribution is 6.31. The quantitative estimate of drug-likeness (QED) is 0.499. The Bertz CT molecular complexity index is 987. The minimum absolute atomic E-state index is 0.186. The van der Waals surface area contributed by atoms with Crippen LogP contribution in [0.1, 0.15) is 25.8 Å². The fourth-order valence-corrected chi connectivity index (χ4v) is 3.19. The Morgan fingerprint density at radius 1 is 1.18 bits per heavy atom. The van der Waals surface area contributed by atoms with E-state index in [4.69, 9.17) is 21.4 Å².